The number of aliphatic carboxylic acids is 1. The SMILES string of the molecule is CCCN(c1cc(Cl)ccc1C)[C@H](CC)C(=O)O. The minimum Gasteiger partial charge on any atom is -0.480 e. The lowest BCUT2D eigenvalue weighted by atomic mass is 10.1. The van der Waals surface area contributed by atoms with E-state index in [1.54, 1.807) is 0 Å². The molecule has 0 aliphatic carbocycles. The van der Waals surface area contributed by atoms with Crippen LogP contribution < -0.4 is 4.90 Å². The van der Waals surface area contributed by atoms with Gasteiger partial charge in [-0.15, -0.1) is 0 Å². The Morgan fingerprint density at radius 3 is 2.61 bits per heavy atom. The molecule has 0 radical (unpaired) electrons. The Kier molecular flexibility index (Phi) is 5.48. The smallest absolute Gasteiger partial charge is 0.326 e. The van der Waals surface area contributed by atoms with E-state index in [0.717, 1.165) is 17.7 Å². The molecule has 100 valence electrons. The van der Waals surface area contributed by atoms with Gasteiger partial charge >= 0.3 is 5.97 Å². The molecule has 0 unspecified atom stereocenters. The number of rotatable bonds is 6. The zero-order valence-electron chi connectivity index (χ0n) is 11.1. The van der Waals surface area contributed by atoms with Crippen molar-refractivity contribution in [1.29, 1.82) is 0 Å². The van der Waals surface area contributed by atoms with Gasteiger partial charge in [0.1, 0.15) is 6.04 Å². The standard InChI is InChI=1S/C14H20ClNO2/c1-4-8-16(12(5-2)14(17)18)13-9-11(15)7-6-10(13)3/h6-7,9,12H,4-5,8H2,1-3H3,(H,17,18)/t12-/m1/s1. The van der Waals surface area contributed by atoms with E-state index in [4.69, 9.17) is 11.6 Å². The Hall–Kier alpha value is -1.22. The van der Waals surface area contributed by atoms with Crippen molar-refractivity contribution in [3.05, 3.63) is 28.8 Å². The molecule has 0 aromatic heterocycles. The van der Waals surface area contributed by atoms with Crippen LogP contribution in [0.5, 0.6) is 0 Å². The van der Waals surface area contributed by atoms with E-state index >= 15 is 0 Å². The highest BCUT2D eigenvalue weighted by molar-refractivity contribution is 6.30. The molecule has 1 aromatic rings. The van der Waals surface area contributed by atoms with Gasteiger partial charge in [-0.25, -0.2) is 4.79 Å². The second-order valence-electron chi connectivity index (χ2n) is 4.39. The van der Waals surface area contributed by atoms with Crippen molar-refractivity contribution in [3.63, 3.8) is 0 Å². The highest BCUT2D eigenvalue weighted by atomic mass is 35.5. The molecule has 0 saturated carbocycles. The third-order valence-electron chi connectivity index (χ3n) is 2.99. The fourth-order valence-corrected chi connectivity index (χ4v) is 2.27. The summed E-state index contributed by atoms with van der Waals surface area (Å²) >= 11 is 6.01. The number of nitrogens with zero attached hydrogens (tertiary/aromatic N) is 1. The van der Waals surface area contributed by atoms with Crippen LogP contribution in [-0.2, 0) is 4.79 Å². The fraction of sp³-hybridized carbons (Fsp3) is 0.500. The number of carboxylic acid groups (broad SMARTS) is 1. The van der Waals surface area contributed by atoms with E-state index in [9.17, 15) is 9.90 Å². The van der Waals surface area contributed by atoms with Crippen molar-refractivity contribution in [1.82, 2.24) is 0 Å². The number of anilines is 1. The van der Waals surface area contributed by atoms with E-state index in [1.807, 2.05) is 43.9 Å². The minimum absolute atomic E-state index is 0.498. The van der Waals surface area contributed by atoms with Crippen molar-refractivity contribution < 1.29 is 9.90 Å². The molecule has 1 aromatic carbocycles. The van der Waals surface area contributed by atoms with Gasteiger partial charge < -0.3 is 10.0 Å². The molecule has 18 heavy (non-hydrogen) atoms. The Labute approximate surface area is 113 Å². The summed E-state index contributed by atoms with van der Waals surface area (Å²) < 4.78 is 0. The summed E-state index contributed by atoms with van der Waals surface area (Å²) in [6.07, 6.45) is 1.47. The maximum Gasteiger partial charge on any atom is 0.326 e. The van der Waals surface area contributed by atoms with Gasteiger partial charge in [0.25, 0.3) is 0 Å². The third-order valence-corrected chi connectivity index (χ3v) is 3.23. The van der Waals surface area contributed by atoms with Gasteiger partial charge in [-0.1, -0.05) is 31.5 Å². The molecule has 0 aliphatic heterocycles. The predicted molar refractivity (Wildman–Crippen MR) is 75.5 cm³/mol. The molecule has 0 aliphatic rings. The quantitative estimate of drug-likeness (QED) is 0.855. The number of aryl methyl sites for hydroxylation is 1. The summed E-state index contributed by atoms with van der Waals surface area (Å²) in [6, 6.07) is 5.10. The van der Waals surface area contributed by atoms with Gasteiger partial charge in [-0.05, 0) is 37.5 Å². The molecule has 3 nitrogen and oxygen atoms in total. The van der Waals surface area contributed by atoms with E-state index in [-0.39, 0.29) is 0 Å². The molecular formula is C14H20ClNO2. The first-order chi connectivity index (χ1) is 8.51. The summed E-state index contributed by atoms with van der Waals surface area (Å²) in [7, 11) is 0. The van der Waals surface area contributed by atoms with Crippen LogP contribution in [0.1, 0.15) is 32.3 Å². The number of hydrogen-bond donors (Lipinski definition) is 1. The normalized spacial score (nSPS) is 12.2. The summed E-state index contributed by atoms with van der Waals surface area (Å²) in [4.78, 5) is 13.3. The summed E-state index contributed by atoms with van der Waals surface area (Å²) in [5, 5.41) is 9.95. The highest BCUT2D eigenvalue weighted by Crippen LogP contribution is 2.27. The predicted octanol–water partition coefficient (Wildman–Crippen LogP) is 3.73. The van der Waals surface area contributed by atoms with Crippen LogP contribution >= 0.6 is 11.6 Å². The topological polar surface area (TPSA) is 40.5 Å². The van der Waals surface area contributed by atoms with Crippen LogP contribution in [0.3, 0.4) is 0 Å². The zero-order chi connectivity index (χ0) is 13.7. The van der Waals surface area contributed by atoms with Crippen LogP contribution in [0.2, 0.25) is 5.02 Å². The first-order valence-corrected chi connectivity index (χ1v) is 6.64. The van der Waals surface area contributed by atoms with E-state index in [0.29, 0.717) is 18.0 Å². The van der Waals surface area contributed by atoms with E-state index in [1.165, 1.54) is 0 Å². The lowest BCUT2D eigenvalue weighted by molar-refractivity contribution is -0.138. The van der Waals surface area contributed by atoms with Crippen molar-refractivity contribution >= 4 is 23.3 Å². The molecular weight excluding hydrogens is 250 g/mol. The minimum atomic E-state index is -0.787. The van der Waals surface area contributed by atoms with E-state index < -0.39 is 12.0 Å². The Balaban J connectivity index is 3.17. The summed E-state index contributed by atoms with van der Waals surface area (Å²) in [5.41, 5.74) is 1.96. The molecule has 0 amide bonds. The summed E-state index contributed by atoms with van der Waals surface area (Å²) in [5.74, 6) is -0.787. The lowest BCUT2D eigenvalue weighted by Gasteiger charge is -2.31. The maximum absolute atomic E-state index is 11.3. The molecule has 1 rings (SSSR count). The van der Waals surface area contributed by atoms with Crippen LogP contribution in [-0.4, -0.2) is 23.7 Å². The number of carbonyl (C=O) groups is 1. The second-order valence-corrected chi connectivity index (χ2v) is 4.82. The first kappa shape index (κ1) is 14.8. The number of carboxylic acids is 1. The maximum atomic E-state index is 11.3. The first-order valence-electron chi connectivity index (χ1n) is 6.26. The van der Waals surface area contributed by atoms with Gasteiger partial charge in [-0.3, -0.25) is 0 Å². The average Bonchev–Trinajstić information content (AvgIpc) is 2.32. The second kappa shape index (κ2) is 6.64. The van der Waals surface area contributed by atoms with Gasteiger partial charge in [0, 0.05) is 17.3 Å². The van der Waals surface area contributed by atoms with Crippen LogP contribution in [0.25, 0.3) is 0 Å². The fourth-order valence-electron chi connectivity index (χ4n) is 2.11. The van der Waals surface area contributed by atoms with Crippen LogP contribution in [0.4, 0.5) is 5.69 Å². The third kappa shape index (κ3) is 3.39. The molecule has 1 N–H and O–H groups in total. The Morgan fingerprint density at radius 2 is 2.11 bits per heavy atom. The van der Waals surface area contributed by atoms with Crippen molar-refractivity contribution in [2.24, 2.45) is 0 Å². The van der Waals surface area contributed by atoms with Gasteiger partial charge in [-0.2, -0.15) is 0 Å². The molecule has 0 heterocycles. The number of halogens is 1. The van der Waals surface area contributed by atoms with Gasteiger partial charge in [0.05, 0.1) is 0 Å². The van der Waals surface area contributed by atoms with Gasteiger partial charge in [0.15, 0.2) is 0 Å². The van der Waals surface area contributed by atoms with Crippen molar-refractivity contribution in [2.45, 2.75) is 39.7 Å². The summed E-state index contributed by atoms with van der Waals surface area (Å²) in [6.45, 7) is 6.62. The lowest BCUT2D eigenvalue weighted by Crippen LogP contribution is -2.41. The monoisotopic (exact) mass is 269 g/mol. The molecule has 1 atom stereocenters. The molecule has 0 spiro atoms. The van der Waals surface area contributed by atoms with Crippen LogP contribution in [0.15, 0.2) is 18.2 Å². The Bertz CT molecular complexity index is 420. The number of benzene rings is 1. The largest absolute Gasteiger partial charge is 0.480 e. The molecule has 0 bridgehead atoms. The van der Waals surface area contributed by atoms with E-state index in [2.05, 4.69) is 0 Å². The van der Waals surface area contributed by atoms with Crippen LogP contribution in [0, 0.1) is 6.92 Å². The van der Waals surface area contributed by atoms with Crippen molar-refractivity contribution in [3.8, 4) is 0 Å². The number of hydrogen-bond acceptors (Lipinski definition) is 2. The molecule has 4 heteroatoms. The molecule has 0 fully saturated rings. The Morgan fingerprint density at radius 1 is 1.44 bits per heavy atom. The zero-order valence-corrected chi connectivity index (χ0v) is 11.9. The molecule has 0 saturated heterocycles. The van der Waals surface area contributed by atoms with Gasteiger partial charge in [0.2, 0.25) is 0 Å². The van der Waals surface area contributed by atoms with Crippen molar-refractivity contribution in [2.75, 3.05) is 11.4 Å². The average molecular weight is 270 g/mol. The highest BCUT2D eigenvalue weighted by Gasteiger charge is 2.24.